The molecule has 1 aromatic rings. The number of allylic oxidation sites excluding steroid dienone is 2. The van der Waals surface area contributed by atoms with E-state index in [4.69, 9.17) is 0 Å². The molecule has 0 aromatic heterocycles. The Bertz CT molecular complexity index is 440. The standard InChI is InChI=1S/C15H20O2/c1-10(2)7-14(16)8-12(4)13-6-5-11(3)15(17)9-13/h5-7,9,12,17H,8H2,1-4H3/t12-/m1/s1. The van der Waals surface area contributed by atoms with Crippen molar-refractivity contribution in [3.8, 4) is 5.75 Å². The first-order chi connectivity index (χ1) is 7.90. The lowest BCUT2D eigenvalue weighted by Crippen LogP contribution is -2.02. The summed E-state index contributed by atoms with van der Waals surface area (Å²) < 4.78 is 0. The van der Waals surface area contributed by atoms with Crippen molar-refractivity contribution < 1.29 is 9.90 Å². The lowest BCUT2D eigenvalue weighted by atomic mass is 9.94. The van der Waals surface area contributed by atoms with Gasteiger partial charge >= 0.3 is 0 Å². The summed E-state index contributed by atoms with van der Waals surface area (Å²) in [7, 11) is 0. The van der Waals surface area contributed by atoms with Crippen LogP contribution in [0.15, 0.2) is 29.8 Å². The first kappa shape index (κ1) is 13.5. The second-order valence-corrected chi connectivity index (χ2v) is 4.84. The maximum absolute atomic E-state index is 11.7. The Morgan fingerprint density at radius 1 is 1.41 bits per heavy atom. The Morgan fingerprint density at radius 2 is 2.06 bits per heavy atom. The molecule has 92 valence electrons. The molecule has 0 saturated heterocycles. The molecule has 0 fully saturated rings. The number of hydrogen-bond acceptors (Lipinski definition) is 2. The summed E-state index contributed by atoms with van der Waals surface area (Å²) in [6.45, 7) is 7.69. The SMILES string of the molecule is CC(C)=CC(=O)C[C@@H](C)c1ccc(C)c(O)c1. The zero-order chi connectivity index (χ0) is 13.0. The van der Waals surface area contributed by atoms with Crippen molar-refractivity contribution in [2.24, 2.45) is 0 Å². The Balaban J connectivity index is 2.76. The Morgan fingerprint density at radius 3 is 2.59 bits per heavy atom. The van der Waals surface area contributed by atoms with E-state index in [1.165, 1.54) is 0 Å². The maximum Gasteiger partial charge on any atom is 0.156 e. The molecule has 0 saturated carbocycles. The highest BCUT2D eigenvalue weighted by Crippen LogP contribution is 2.25. The number of ketones is 1. The van der Waals surface area contributed by atoms with Crippen LogP contribution >= 0.6 is 0 Å². The molecular weight excluding hydrogens is 212 g/mol. The molecule has 2 heteroatoms. The molecule has 1 aromatic carbocycles. The zero-order valence-corrected chi connectivity index (χ0v) is 10.9. The fourth-order valence-electron chi connectivity index (χ4n) is 1.73. The number of aryl methyl sites for hydroxylation is 1. The minimum Gasteiger partial charge on any atom is -0.508 e. The Labute approximate surface area is 103 Å². The van der Waals surface area contributed by atoms with E-state index in [0.717, 1.165) is 16.7 Å². The van der Waals surface area contributed by atoms with Gasteiger partial charge in [-0.25, -0.2) is 0 Å². The van der Waals surface area contributed by atoms with Crippen molar-refractivity contribution in [2.45, 2.75) is 40.0 Å². The van der Waals surface area contributed by atoms with E-state index in [-0.39, 0.29) is 11.7 Å². The summed E-state index contributed by atoms with van der Waals surface area (Å²) >= 11 is 0. The number of aromatic hydroxyl groups is 1. The molecule has 1 atom stereocenters. The van der Waals surface area contributed by atoms with Gasteiger partial charge < -0.3 is 5.11 Å². The van der Waals surface area contributed by atoms with Crippen LogP contribution in [0.5, 0.6) is 5.75 Å². The van der Waals surface area contributed by atoms with Crippen molar-refractivity contribution in [1.29, 1.82) is 0 Å². The van der Waals surface area contributed by atoms with E-state index < -0.39 is 0 Å². The zero-order valence-electron chi connectivity index (χ0n) is 10.9. The van der Waals surface area contributed by atoms with Crippen molar-refractivity contribution in [3.05, 3.63) is 41.0 Å². The summed E-state index contributed by atoms with van der Waals surface area (Å²) in [5.41, 5.74) is 2.88. The molecule has 0 heterocycles. The number of phenols is 1. The number of carbonyl (C=O) groups is 1. The van der Waals surface area contributed by atoms with E-state index in [0.29, 0.717) is 12.2 Å². The monoisotopic (exact) mass is 232 g/mol. The van der Waals surface area contributed by atoms with Crippen LogP contribution in [0.3, 0.4) is 0 Å². The highest BCUT2D eigenvalue weighted by molar-refractivity contribution is 5.90. The quantitative estimate of drug-likeness (QED) is 0.803. The summed E-state index contributed by atoms with van der Waals surface area (Å²) in [6, 6.07) is 5.60. The van der Waals surface area contributed by atoms with Crippen molar-refractivity contribution in [1.82, 2.24) is 0 Å². The fraction of sp³-hybridized carbons (Fsp3) is 0.400. The summed E-state index contributed by atoms with van der Waals surface area (Å²) in [5.74, 6) is 0.561. The predicted octanol–water partition coefficient (Wildman–Crippen LogP) is 3.73. The Hall–Kier alpha value is -1.57. The van der Waals surface area contributed by atoms with E-state index in [1.54, 1.807) is 12.1 Å². The molecule has 0 spiro atoms. The van der Waals surface area contributed by atoms with Crippen LogP contribution in [-0.2, 0) is 4.79 Å². The van der Waals surface area contributed by atoms with E-state index in [9.17, 15) is 9.90 Å². The fourth-order valence-corrected chi connectivity index (χ4v) is 1.73. The van der Waals surface area contributed by atoms with Crippen LogP contribution in [0.25, 0.3) is 0 Å². The second-order valence-electron chi connectivity index (χ2n) is 4.84. The molecule has 1 N–H and O–H groups in total. The average molecular weight is 232 g/mol. The molecule has 0 unspecified atom stereocenters. The van der Waals surface area contributed by atoms with Crippen LogP contribution in [-0.4, -0.2) is 10.9 Å². The number of benzene rings is 1. The second kappa shape index (κ2) is 5.67. The van der Waals surface area contributed by atoms with E-state index in [1.807, 2.05) is 39.8 Å². The van der Waals surface area contributed by atoms with Gasteiger partial charge in [-0.05, 0) is 50.0 Å². The minimum absolute atomic E-state index is 0.129. The van der Waals surface area contributed by atoms with E-state index in [2.05, 4.69) is 0 Å². The van der Waals surface area contributed by atoms with Crippen LogP contribution in [0.1, 0.15) is 44.2 Å². The van der Waals surface area contributed by atoms with Gasteiger partial charge in [0, 0.05) is 6.42 Å². The topological polar surface area (TPSA) is 37.3 Å². The average Bonchev–Trinajstić information content (AvgIpc) is 2.20. The summed E-state index contributed by atoms with van der Waals surface area (Å²) in [6.07, 6.45) is 2.15. The molecule has 0 aliphatic carbocycles. The summed E-state index contributed by atoms with van der Waals surface area (Å²) in [4.78, 5) is 11.7. The lowest BCUT2D eigenvalue weighted by Gasteiger charge is -2.11. The predicted molar refractivity (Wildman–Crippen MR) is 70.3 cm³/mol. The van der Waals surface area contributed by atoms with Crippen LogP contribution in [0, 0.1) is 6.92 Å². The molecule has 0 aliphatic rings. The van der Waals surface area contributed by atoms with Gasteiger partial charge in [-0.1, -0.05) is 24.6 Å². The van der Waals surface area contributed by atoms with Gasteiger partial charge in [0.1, 0.15) is 5.75 Å². The summed E-state index contributed by atoms with van der Waals surface area (Å²) in [5, 5.41) is 9.63. The normalized spacial score (nSPS) is 12.0. The van der Waals surface area contributed by atoms with Gasteiger partial charge in [0.15, 0.2) is 5.78 Å². The van der Waals surface area contributed by atoms with Gasteiger partial charge in [-0.15, -0.1) is 0 Å². The maximum atomic E-state index is 11.7. The molecule has 0 radical (unpaired) electrons. The molecule has 1 rings (SSSR count). The molecule has 17 heavy (non-hydrogen) atoms. The van der Waals surface area contributed by atoms with Gasteiger partial charge in [0.25, 0.3) is 0 Å². The third-order valence-corrected chi connectivity index (χ3v) is 2.76. The molecule has 0 aliphatic heterocycles. The molecular formula is C15H20O2. The van der Waals surface area contributed by atoms with Crippen molar-refractivity contribution >= 4 is 5.78 Å². The van der Waals surface area contributed by atoms with Gasteiger partial charge in [0.05, 0.1) is 0 Å². The Kier molecular flexibility index (Phi) is 4.50. The molecule has 0 amide bonds. The molecule has 0 bridgehead atoms. The highest BCUT2D eigenvalue weighted by atomic mass is 16.3. The highest BCUT2D eigenvalue weighted by Gasteiger charge is 2.10. The first-order valence-electron chi connectivity index (χ1n) is 5.87. The van der Waals surface area contributed by atoms with Gasteiger partial charge in [-0.2, -0.15) is 0 Å². The van der Waals surface area contributed by atoms with Gasteiger partial charge in [0.2, 0.25) is 0 Å². The van der Waals surface area contributed by atoms with Crippen molar-refractivity contribution in [2.75, 3.05) is 0 Å². The molecule has 2 nitrogen and oxygen atoms in total. The number of carbonyl (C=O) groups excluding carboxylic acids is 1. The van der Waals surface area contributed by atoms with Gasteiger partial charge in [-0.3, -0.25) is 4.79 Å². The van der Waals surface area contributed by atoms with Crippen LogP contribution < -0.4 is 0 Å². The third kappa shape index (κ3) is 4.06. The number of phenolic OH excluding ortho intramolecular Hbond substituents is 1. The van der Waals surface area contributed by atoms with Crippen molar-refractivity contribution in [3.63, 3.8) is 0 Å². The van der Waals surface area contributed by atoms with Crippen LogP contribution in [0.2, 0.25) is 0 Å². The first-order valence-corrected chi connectivity index (χ1v) is 5.87. The number of rotatable bonds is 4. The number of hydrogen-bond donors (Lipinski definition) is 1. The largest absolute Gasteiger partial charge is 0.508 e. The minimum atomic E-state index is 0.129. The smallest absolute Gasteiger partial charge is 0.156 e. The van der Waals surface area contributed by atoms with E-state index >= 15 is 0 Å². The lowest BCUT2D eigenvalue weighted by molar-refractivity contribution is -0.114. The van der Waals surface area contributed by atoms with Crippen LogP contribution in [0.4, 0.5) is 0 Å². The third-order valence-electron chi connectivity index (χ3n) is 2.76.